The zero-order valence-electron chi connectivity index (χ0n) is 15.5. The van der Waals surface area contributed by atoms with Gasteiger partial charge in [-0.3, -0.25) is 14.0 Å². The molecule has 0 saturated carbocycles. The number of rotatable bonds is 3. The first kappa shape index (κ1) is 16.6. The second-order valence-electron chi connectivity index (χ2n) is 7.05. The van der Waals surface area contributed by atoms with Gasteiger partial charge in [0.05, 0.1) is 24.0 Å². The molecular weight excluding hydrogens is 350 g/mol. The molecule has 0 saturated heterocycles. The van der Waals surface area contributed by atoms with Crippen LogP contribution >= 0.6 is 0 Å². The molecule has 0 fully saturated rings. The van der Waals surface area contributed by atoms with E-state index < -0.39 is 0 Å². The van der Waals surface area contributed by atoms with Gasteiger partial charge in [0.25, 0.3) is 5.56 Å². The van der Waals surface area contributed by atoms with Crippen molar-refractivity contribution >= 4 is 16.7 Å². The van der Waals surface area contributed by atoms with Crippen molar-refractivity contribution in [3.05, 3.63) is 93.8 Å². The predicted octanol–water partition coefficient (Wildman–Crippen LogP) is 2.95. The van der Waals surface area contributed by atoms with Gasteiger partial charge in [-0.1, -0.05) is 24.3 Å². The highest BCUT2D eigenvalue weighted by Gasteiger charge is 2.17. The van der Waals surface area contributed by atoms with E-state index >= 15 is 0 Å². The van der Waals surface area contributed by atoms with Crippen molar-refractivity contribution < 1.29 is 0 Å². The lowest BCUT2D eigenvalue weighted by atomic mass is 9.91. The van der Waals surface area contributed by atoms with Gasteiger partial charge < -0.3 is 0 Å². The Balaban J connectivity index is 1.55. The standard InChI is InChI=1S/C22H19N5O/c1-26-14-18-17(7-3-8-19(18)25-26)16-6-2-5-15(11-16)13-27-20-9-4-10-23-22(20)24-12-21(27)28/h2,4-7,9-12,14H,3,8,13H2,1H3. The van der Waals surface area contributed by atoms with Gasteiger partial charge in [-0.25, -0.2) is 9.97 Å². The van der Waals surface area contributed by atoms with Crippen molar-refractivity contribution in [1.82, 2.24) is 24.3 Å². The van der Waals surface area contributed by atoms with Crippen LogP contribution in [0.25, 0.3) is 16.7 Å². The second-order valence-corrected chi connectivity index (χ2v) is 7.05. The minimum absolute atomic E-state index is 0.127. The fraction of sp³-hybridized carbons (Fsp3) is 0.182. The molecule has 4 aromatic rings. The van der Waals surface area contributed by atoms with E-state index in [1.165, 1.54) is 17.3 Å². The number of nitrogens with zero attached hydrogens (tertiary/aromatic N) is 5. The minimum Gasteiger partial charge on any atom is -0.300 e. The highest BCUT2D eigenvalue weighted by molar-refractivity contribution is 5.82. The number of aryl methyl sites for hydroxylation is 2. The van der Waals surface area contributed by atoms with Crippen LogP contribution in [-0.4, -0.2) is 24.3 Å². The van der Waals surface area contributed by atoms with E-state index in [9.17, 15) is 4.79 Å². The third kappa shape index (κ3) is 2.83. The van der Waals surface area contributed by atoms with Gasteiger partial charge in [0.15, 0.2) is 5.65 Å². The Morgan fingerprint density at radius 1 is 1.14 bits per heavy atom. The molecule has 1 aromatic carbocycles. The maximum atomic E-state index is 12.4. The maximum absolute atomic E-state index is 12.4. The summed E-state index contributed by atoms with van der Waals surface area (Å²) in [5, 5.41) is 4.58. The van der Waals surface area contributed by atoms with Crippen molar-refractivity contribution in [2.75, 3.05) is 0 Å². The van der Waals surface area contributed by atoms with Crippen LogP contribution in [0.1, 0.15) is 28.8 Å². The normalized spacial score (nSPS) is 13.4. The van der Waals surface area contributed by atoms with Gasteiger partial charge in [0, 0.05) is 25.0 Å². The van der Waals surface area contributed by atoms with Crippen molar-refractivity contribution in [3.8, 4) is 0 Å². The summed E-state index contributed by atoms with van der Waals surface area (Å²) in [5.41, 5.74) is 6.96. The molecular formula is C22H19N5O. The van der Waals surface area contributed by atoms with Crippen LogP contribution in [0.15, 0.2) is 65.9 Å². The van der Waals surface area contributed by atoms with E-state index in [1.807, 2.05) is 36.0 Å². The van der Waals surface area contributed by atoms with Crippen molar-refractivity contribution in [1.29, 1.82) is 0 Å². The minimum atomic E-state index is -0.127. The molecule has 0 amide bonds. The lowest BCUT2D eigenvalue weighted by molar-refractivity contribution is 0.739. The predicted molar refractivity (Wildman–Crippen MR) is 108 cm³/mol. The van der Waals surface area contributed by atoms with Crippen molar-refractivity contribution in [3.63, 3.8) is 0 Å². The molecule has 6 heteroatoms. The van der Waals surface area contributed by atoms with Crippen LogP contribution in [-0.2, 0) is 20.0 Å². The topological polar surface area (TPSA) is 65.6 Å². The molecule has 5 rings (SSSR count). The molecule has 0 aliphatic heterocycles. The van der Waals surface area contributed by atoms with E-state index in [0.29, 0.717) is 12.2 Å². The first-order valence-electron chi connectivity index (χ1n) is 9.32. The molecule has 0 spiro atoms. The molecule has 3 aromatic heterocycles. The van der Waals surface area contributed by atoms with Gasteiger partial charge in [-0.2, -0.15) is 5.10 Å². The summed E-state index contributed by atoms with van der Waals surface area (Å²) in [4.78, 5) is 20.8. The van der Waals surface area contributed by atoms with Gasteiger partial charge in [-0.05, 0) is 47.7 Å². The highest BCUT2D eigenvalue weighted by Crippen LogP contribution is 2.31. The van der Waals surface area contributed by atoms with Gasteiger partial charge in [0.2, 0.25) is 0 Å². The molecule has 0 atom stereocenters. The molecule has 3 heterocycles. The van der Waals surface area contributed by atoms with Gasteiger partial charge in [-0.15, -0.1) is 0 Å². The SMILES string of the molecule is Cn1cc2c(n1)CCC=C2c1cccc(Cn2c(=O)cnc3ncccc32)c1. The second kappa shape index (κ2) is 6.56. The summed E-state index contributed by atoms with van der Waals surface area (Å²) in [6.07, 6.45) is 9.35. The summed E-state index contributed by atoms with van der Waals surface area (Å²) < 4.78 is 3.60. The third-order valence-electron chi connectivity index (χ3n) is 5.12. The average Bonchev–Trinajstić information content (AvgIpc) is 3.10. The summed E-state index contributed by atoms with van der Waals surface area (Å²) in [6, 6.07) is 12.1. The van der Waals surface area contributed by atoms with E-state index in [1.54, 1.807) is 10.8 Å². The van der Waals surface area contributed by atoms with Crippen LogP contribution in [0.3, 0.4) is 0 Å². The first-order chi connectivity index (χ1) is 13.7. The zero-order chi connectivity index (χ0) is 19.1. The Morgan fingerprint density at radius 3 is 3.00 bits per heavy atom. The van der Waals surface area contributed by atoms with Crippen LogP contribution in [0, 0.1) is 0 Å². The van der Waals surface area contributed by atoms with Gasteiger partial charge >= 0.3 is 0 Å². The lowest BCUT2D eigenvalue weighted by Crippen LogP contribution is -2.21. The number of hydrogen-bond acceptors (Lipinski definition) is 4. The number of hydrogen-bond donors (Lipinski definition) is 0. The highest BCUT2D eigenvalue weighted by atomic mass is 16.1. The molecule has 1 aliphatic rings. The first-order valence-corrected chi connectivity index (χ1v) is 9.32. The average molecular weight is 369 g/mol. The maximum Gasteiger partial charge on any atom is 0.269 e. The Bertz CT molecular complexity index is 1280. The largest absolute Gasteiger partial charge is 0.300 e. The molecule has 28 heavy (non-hydrogen) atoms. The number of aromatic nitrogens is 5. The number of allylic oxidation sites excluding steroid dienone is 1. The zero-order valence-corrected chi connectivity index (χ0v) is 15.5. The van der Waals surface area contributed by atoms with Crippen molar-refractivity contribution in [2.24, 2.45) is 7.05 Å². The van der Waals surface area contributed by atoms with E-state index in [2.05, 4.69) is 39.5 Å². The lowest BCUT2D eigenvalue weighted by Gasteiger charge is -2.15. The summed E-state index contributed by atoms with van der Waals surface area (Å²) in [7, 11) is 1.96. The summed E-state index contributed by atoms with van der Waals surface area (Å²) in [5.74, 6) is 0. The van der Waals surface area contributed by atoms with E-state index in [-0.39, 0.29) is 5.56 Å². The van der Waals surface area contributed by atoms with E-state index in [4.69, 9.17) is 0 Å². The monoisotopic (exact) mass is 369 g/mol. The number of benzene rings is 1. The Morgan fingerprint density at radius 2 is 2.07 bits per heavy atom. The molecule has 1 aliphatic carbocycles. The Labute approximate surface area is 161 Å². The molecule has 0 unspecified atom stereocenters. The number of fused-ring (bicyclic) bond motifs is 2. The van der Waals surface area contributed by atoms with Crippen molar-refractivity contribution in [2.45, 2.75) is 19.4 Å². The van der Waals surface area contributed by atoms with Crippen LogP contribution in [0.5, 0.6) is 0 Å². The molecule has 0 N–H and O–H groups in total. The molecule has 138 valence electrons. The molecule has 0 radical (unpaired) electrons. The fourth-order valence-corrected chi connectivity index (χ4v) is 3.87. The quantitative estimate of drug-likeness (QED) is 0.557. The van der Waals surface area contributed by atoms with Crippen LogP contribution in [0.2, 0.25) is 0 Å². The fourth-order valence-electron chi connectivity index (χ4n) is 3.87. The third-order valence-corrected chi connectivity index (χ3v) is 5.12. The molecule has 6 nitrogen and oxygen atoms in total. The Hall–Kier alpha value is -3.54. The summed E-state index contributed by atoms with van der Waals surface area (Å²) >= 11 is 0. The van der Waals surface area contributed by atoms with Gasteiger partial charge in [0.1, 0.15) is 0 Å². The van der Waals surface area contributed by atoms with Crippen LogP contribution in [0.4, 0.5) is 0 Å². The molecule has 0 bridgehead atoms. The Kier molecular flexibility index (Phi) is 3.90. The summed E-state index contributed by atoms with van der Waals surface area (Å²) in [6.45, 7) is 0.477. The van der Waals surface area contributed by atoms with E-state index in [0.717, 1.165) is 35.2 Å². The van der Waals surface area contributed by atoms with Crippen LogP contribution < -0.4 is 5.56 Å². The smallest absolute Gasteiger partial charge is 0.269 e. The number of pyridine rings is 1.